The molecule has 3 aromatic rings. The SMILES string of the molecule is COc1ccc2[nH]cc(C3CCN(CC(=O)c4c(N)n(C)c(=O)n(C)c4=O)CC3)c2c1. The van der Waals surface area contributed by atoms with Crippen LogP contribution in [-0.2, 0) is 14.1 Å². The molecule has 4 rings (SSSR count). The van der Waals surface area contributed by atoms with Gasteiger partial charge in [0.15, 0.2) is 5.78 Å². The quantitative estimate of drug-likeness (QED) is 0.594. The van der Waals surface area contributed by atoms with Crippen molar-refractivity contribution in [1.29, 1.82) is 0 Å². The summed E-state index contributed by atoms with van der Waals surface area (Å²) in [5.41, 5.74) is 6.95. The lowest BCUT2D eigenvalue weighted by Gasteiger charge is -2.31. The van der Waals surface area contributed by atoms with E-state index in [0.29, 0.717) is 5.92 Å². The number of nitrogens with zero attached hydrogens (tertiary/aromatic N) is 3. The zero-order chi connectivity index (χ0) is 22.3. The number of hydrogen-bond acceptors (Lipinski definition) is 6. The molecule has 0 saturated carbocycles. The van der Waals surface area contributed by atoms with Gasteiger partial charge in [0.1, 0.15) is 17.1 Å². The van der Waals surface area contributed by atoms with Crippen LogP contribution in [0.4, 0.5) is 5.82 Å². The number of benzene rings is 1. The molecular weight excluding hydrogens is 398 g/mol. The zero-order valence-corrected chi connectivity index (χ0v) is 18.0. The molecule has 0 amide bonds. The number of Topliss-reactive ketones (excluding diaryl/α,β-unsaturated/α-hetero) is 1. The lowest BCUT2D eigenvalue weighted by atomic mass is 9.89. The van der Waals surface area contributed by atoms with Crippen molar-refractivity contribution < 1.29 is 9.53 Å². The van der Waals surface area contributed by atoms with E-state index >= 15 is 0 Å². The summed E-state index contributed by atoms with van der Waals surface area (Å²) in [6.45, 7) is 1.57. The molecule has 0 aliphatic carbocycles. The maximum absolute atomic E-state index is 12.9. The number of ketones is 1. The largest absolute Gasteiger partial charge is 0.497 e. The van der Waals surface area contributed by atoms with E-state index in [1.165, 1.54) is 19.7 Å². The smallest absolute Gasteiger partial charge is 0.332 e. The highest BCUT2D eigenvalue weighted by Crippen LogP contribution is 2.34. The Bertz CT molecular complexity index is 1260. The first kappa shape index (κ1) is 20.9. The monoisotopic (exact) mass is 425 g/mol. The molecule has 0 unspecified atom stereocenters. The van der Waals surface area contributed by atoms with Crippen LogP contribution in [-0.4, -0.2) is 51.5 Å². The third-order valence-electron chi connectivity index (χ3n) is 6.30. The number of anilines is 1. The molecule has 2 aromatic heterocycles. The second-order valence-corrected chi connectivity index (χ2v) is 8.10. The van der Waals surface area contributed by atoms with Gasteiger partial charge in [0.25, 0.3) is 5.56 Å². The van der Waals surface area contributed by atoms with Crippen molar-refractivity contribution in [1.82, 2.24) is 19.0 Å². The van der Waals surface area contributed by atoms with Crippen LogP contribution in [0.25, 0.3) is 10.9 Å². The average Bonchev–Trinajstić information content (AvgIpc) is 3.20. The third-order valence-corrected chi connectivity index (χ3v) is 6.30. The molecule has 164 valence electrons. The van der Waals surface area contributed by atoms with E-state index in [0.717, 1.165) is 51.7 Å². The standard InChI is InChI=1S/C22H27N5O4/c1-25-20(23)19(21(29)26(2)22(25)30)18(28)12-27-8-6-13(7-9-27)16-11-24-17-5-4-14(31-3)10-15(16)17/h4-5,10-11,13,24H,6-9,12,23H2,1-3H3. The normalized spacial score (nSPS) is 15.5. The van der Waals surface area contributed by atoms with Crippen molar-refractivity contribution in [3.05, 3.63) is 56.4 Å². The van der Waals surface area contributed by atoms with Gasteiger partial charge in [0.2, 0.25) is 0 Å². The molecule has 1 aromatic carbocycles. The number of carbonyl (C=O) groups excluding carboxylic acids is 1. The summed E-state index contributed by atoms with van der Waals surface area (Å²) in [6, 6.07) is 6.01. The molecule has 1 fully saturated rings. The number of ether oxygens (including phenoxy) is 1. The summed E-state index contributed by atoms with van der Waals surface area (Å²) in [5.74, 6) is 0.764. The van der Waals surface area contributed by atoms with Gasteiger partial charge in [-0.15, -0.1) is 0 Å². The van der Waals surface area contributed by atoms with Crippen molar-refractivity contribution >= 4 is 22.5 Å². The molecule has 9 nitrogen and oxygen atoms in total. The summed E-state index contributed by atoms with van der Waals surface area (Å²) in [6.07, 6.45) is 3.86. The molecule has 0 radical (unpaired) electrons. The summed E-state index contributed by atoms with van der Waals surface area (Å²) >= 11 is 0. The number of likely N-dealkylation sites (tertiary alicyclic amines) is 1. The van der Waals surface area contributed by atoms with E-state index in [-0.39, 0.29) is 23.7 Å². The van der Waals surface area contributed by atoms with Crippen LogP contribution in [0.3, 0.4) is 0 Å². The van der Waals surface area contributed by atoms with Crippen LogP contribution in [0.1, 0.15) is 34.7 Å². The summed E-state index contributed by atoms with van der Waals surface area (Å²) in [7, 11) is 4.46. The first-order chi connectivity index (χ1) is 14.8. The van der Waals surface area contributed by atoms with Gasteiger partial charge in [-0.2, -0.15) is 0 Å². The van der Waals surface area contributed by atoms with Crippen molar-refractivity contribution in [3.63, 3.8) is 0 Å². The molecule has 1 aliphatic rings. The van der Waals surface area contributed by atoms with Crippen molar-refractivity contribution in [3.8, 4) is 5.75 Å². The van der Waals surface area contributed by atoms with Gasteiger partial charge in [-0.3, -0.25) is 23.6 Å². The van der Waals surface area contributed by atoms with Crippen LogP contribution in [0.2, 0.25) is 0 Å². The predicted molar refractivity (Wildman–Crippen MR) is 119 cm³/mol. The maximum Gasteiger partial charge on any atom is 0.332 e. The summed E-state index contributed by atoms with van der Waals surface area (Å²) in [5, 5.41) is 1.16. The Balaban J connectivity index is 1.48. The Morgan fingerprint density at radius 3 is 2.58 bits per heavy atom. The minimum atomic E-state index is -0.645. The molecule has 0 atom stereocenters. The number of nitrogens with two attached hydrogens (primary N) is 1. The second-order valence-electron chi connectivity index (χ2n) is 8.10. The lowest BCUT2D eigenvalue weighted by Crippen LogP contribution is -2.44. The Morgan fingerprint density at radius 2 is 1.90 bits per heavy atom. The van der Waals surface area contributed by atoms with Gasteiger partial charge in [-0.05, 0) is 55.6 Å². The molecule has 1 saturated heterocycles. The molecule has 3 heterocycles. The lowest BCUT2D eigenvalue weighted by molar-refractivity contribution is 0.0907. The first-order valence-electron chi connectivity index (χ1n) is 10.3. The van der Waals surface area contributed by atoms with Gasteiger partial charge >= 0.3 is 5.69 Å². The van der Waals surface area contributed by atoms with Crippen LogP contribution < -0.4 is 21.7 Å². The van der Waals surface area contributed by atoms with E-state index in [2.05, 4.69) is 17.2 Å². The number of H-pyrrole nitrogens is 1. The fraction of sp³-hybridized carbons (Fsp3) is 0.409. The van der Waals surface area contributed by atoms with Crippen LogP contribution in [0.5, 0.6) is 5.75 Å². The maximum atomic E-state index is 12.9. The number of aromatic amines is 1. The van der Waals surface area contributed by atoms with E-state index in [1.54, 1.807) is 7.11 Å². The van der Waals surface area contributed by atoms with E-state index < -0.39 is 11.2 Å². The topological polar surface area (TPSA) is 115 Å². The van der Waals surface area contributed by atoms with Crippen LogP contribution in [0, 0.1) is 0 Å². The Kier molecular flexibility index (Phi) is 5.45. The van der Waals surface area contributed by atoms with Gasteiger partial charge in [-0.25, -0.2) is 4.79 Å². The summed E-state index contributed by atoms with van der Waals surface area (Å²) < 4.78 is 7.41. The Hall–Kier alpha value is -3.33. The predicted octanol–water partition coefficient (Wildman–Crippen LogP) is 1.22. The van der Waals surface area contributed by atoms with Crippen LogP contribution >= 0.6 is 0 Å². The molecular formula is C22H27N5O4. The minimum Gasteiger partial charge on any atom is -0.497 e. The fourth-order valence-electron chi connectivity index (χ4n) is 4.39. The number of piperidine rings is 1. The Morgan fingerprint density at radius 1 is 1.19 bits per heavy atom. The number of nitrogen functional groups attached to an aromatic ring is 1. The fourth-order valence-corrected chi connectivity index (χ4v) is 4.39. The van der Waals surface area contributed by atoms with E-state index in [4.69, 9.17) is 10.5 Å². The van der Waals surface area contributed by atoms with Gasteiger partial charge in [-0.1, -0.05) is 0 Å². The molecule has 9 heteroatoms. The molecule has 1 aliphatic heterocycles. The molecule has 0 bridgehead atoms. The number of hydrogen-bond donors (Lipinski definition) is 2. The van der Waals surface area contributed by atoms with Crippen molar-refractivity contribution in [2.45, 2.75) is 18.8 Å². The summed E-state index contributed by atoms with van der Waals surface area (Å²) in [4.78, 5) is 42.6. The first-order valence-corrected chi connectivity index (χ1v) is 10.3. The number of methoxy groups -OCH3 is 1. The number of rotatable bonds is 5. The van der Waals surface area contributed by atoms with Crippen LogP contribution in [0.15, 0.2) is 34.0 Å². The number of carbonyl (C=O) groups is 1. The highest BCUT2D eigenvalue weighted by atomic mass is 16.5. The number of nitrogens with one attached hydrogen (secondary N) is 1. The average molecular weight is 425 g/mol. The minimum absolute atomic E-state index is 0.0827. The molecule has 31 heavy (non-hydrogen) atoms. The Labute approximate surface area is 179 Å². The van der Waals surface area contributed by atoms with Gasteiger partial charge < -0.3 is 15.5 Å². The number of fused-ring (bicyclic) bond motifs is 1. The van der Waals surface area contributed by atoms with E-state index in [9.17, 15) is 14.4 Å². The van der Waals surface area contributed by atoms with E-state index in [1.807, 2.05) is 17.0 Å². The third kappa shape index (κ3) is 3.65. The highest BCUT2D eigenvalue weighted by Gasteiger charge is 2.27. The van der Waals surface area contributed by atoms with Crippen molar-refractivity contribution in [2.24, 2.45) is 14.1 Å². The van der Waals surface area contributed by atoms with Gasteiger partial charge in [0.05, 0.1) is 13.7 Å². The molecule has 0 spiro atoms. The van der Waals surface area contributed by atoms with Crippen molar-refractivity contribution in [2.75, 3.05) is 32.5 Å². The number of aromatic nitrogens is 3. The molecule has 3 N–H and O–H groups in total. The van der Waals surface area contributed by atoms with Gasteiger partial charge in [0, 0.05) is 31.2 Å². The zero-order valence-electron chi connectivity index (χ0n) is 18.0. The second kappa shape index (κ2) is 8.07. The highest BCUT2D eigenvalue weighted by molar-refractivity contribution is 6.01.